The minimum absolute atomic E-state index is 0.132. The second-order valence-corrected chi connectivity index (χ2v) is 7.77. The highest BCUT2D eigenvalue weighted by Gasteiger charge is 2.24. The number of ether oxygens (including phenoxy) is 2. The number of fused-ring (bicyclic) bond motifs is 1. The van der Waals surface area contributed by atoms with Gasteiger partial charge in [-0.3, -0.25) is 4.79 Å². The Morgan fingerprint density at radius 1 is 1.32 bits per heavy atom. The SMILES string of the molecule is CCOc1cc2c(cc1NC(=O)c1sc(-c3ccccc3)nc1C)O[C@@H](C)C2. The van der Waals surface area contributed by atoms with Gasteiger partial charge in [0.25, 0.3) is 5.91 Å². The lowest BCUT2D eigenvalue weighted by Gasteiger charge is -2.13. The van der Waals surface area contributed by atoms with Gasteiger partial charge in [-0.15, -0.1) is 11.3 Å². The first-order valence-electron chi connectivity index (χ1n) is 9.35. The second kappa shape index (κ2) is 7.64. The minimum atomic E-state index is -0.191. The zero-order chi connectivity index (χ0) is 19.7. The van der Waals surface area contributed by atoms with Gasteiger partial charge in [-0.25, -0.2) is 4.98 Å². The molecule has 5 nitrogen and oxygen atoms in total. The number of benzene rings is 2. The third-order valence-electron chi connectivity index (χ3n) is 4.57. The van der Waals surface area contributed by atoms with Gasteiger partial charge in [-0.2, -0.15) is 0 Å². The predicted octanol–water partition coefficient (Wildman–Crippen LogP) is 5.09. The molecule has 3 aromatic rings. The third-order valence-corrected chi connectivity index (χ3v) is 5.78. The fraction of sp³-hybridized carbons (Fsp3) is 0.273. The average molecular weight is 394 g/mol. The van der Waals surface area contributed by atoms with Crippen molar-refractivity contribution in [2.75, 3.05) is 11.9 Å². The molecule has 4 rings (SSSR count). The Labute approximate surface area is 168 Å². The predicted molar refractivity (Wildman–Crippen MR) is 112 cm³/mol. The van der Waals surface area contributed by atoms with E-state index in [9.17, 15) is 4.79 Å². The molecule has 0 bridgehead atoms. The Morgan fingerprint density at radius 2 is 2.11 bits per heavy atom. The lowest BCUT2D eigenvalue weighted by molar-refractivity contribution is 0.102. The summed E-state index contributed by atoms with van der Waals surface area (Å²) >= 11 is 1.39. The van der Waals surface area contributed by atoms with E-state index >= 15 is 0 Å². The molecule has 1 amide bonds. The standard InChI is InChI=1S/C22H22N2O3S/c1-4-26-19-11-16-10-13(2)27-18(16)12-17(19)24-21(25)20-14(3)23-22(28-20)15-8-6-5-7-9-15/h5-9,11-13H,4,10H2,1-3H3,(H,24,25)/t13-/m0/s1. The van der Waals surface area contributed by atoms with Gasteiger partial charge in [-0.1, -0.05) is 30.3 Å². The number of aromatic nitrogens is 1. The number of anilines is 1. The highest BCUT2D eigenvalue weighted by atomic mass is 32.1. The van der Waals surface area contributed by atoms with Gasteiger partial charge >= 0.3 is 0 Å². The molecule has 0 saturated carbocycles. The van der Waals surface area contributed by atoms with Gasteiger partial charge in [0.05, 0.1) is 18.0 Å². The normalized spacial score (nSPS) is 15.0. The fourth-order valence-corrected chi connectivity index (χ4v) is 4.27. The summed E-state index contributed by atoms with van der Waals surface area (Å²) in [6, 6.07) is 13.7. The van der Waals surface area contributed by atoms with E-state index in [4.69, 9.17) is 9.47 Å². The third kappa shape index (κ3) is 3.60. The number of carbonyl (C=O) groups is 1. The molecular weight excluding hydrogens is 372 g/mol. The van der Waals surface area contributed by atoms with Crippen LogP contribution in [0.25, 0.3) is 10.6 Å². The molecule has 1 aliphatic heterocycles. The van der Waals surface area contributed by atoms with Crippen LogP contribution in [0.1, 0.15) is 34.8 Å². The summed E-state index contributed by atoms with van der Waals surface area (Å²) < 4.78 is 11.6. The van der Waals surface area contributed by atoms with E-state index in [0.29, 0.717) is 28.6 Å². The highest BCUT2D eigenvalue weighted by Crippen LogP contribution is 2.38. The number of aryl methyl sites for hydroxylation is 1. The Hall–Kier alpha value is -2.86. The zero-order valence-electron chi connectivity index (χ0n) is 16.1. The van der Waals surface area contributed by atoms with Crippen molar-refractivity contribution in [2.24, 2.45) is 0 Å². The number of carbonyl (C=O) groups excluding carboxylic acids is 1. The van der Waals surface area contributed by atoms with Crippen molar-refractivity contribution in [2.45, 2.75) is 33.3 Å². The first-order chi connectivity index (χ1) is 13.5. The Balaban J connectivity index is 1.62. The van der Waals surface area contributed by atoms with Crippen LogP contribution in [-0.4, -0.2) is 23.6 Å². The van der Waals surface area contributed by atoms with E-state index in [1.165, 1.54) is 11.3 Å². The summed E-state index contributed by atoms with van der Waals surface area (Å²) in [6.45, 7) is 6.34. The van der Waals surface area contributed by atoms with Crippen molar-refractivity contribution < 1.29 is 14.3 Å². The van der Waals surface area contributed by atoms with Gasteiger partial charge in [0.15, 0.2) is 0 Å². The van der Waals surface area contributed by atoms with Crippen molar-refractivity contribution in [1.82, 2.24) is 4.98 Å². The number of hydrogen-bond acceptors (Lipinski definition) is 5. The molecule has 6 heteroatoms. The number of nitrogens with one attached hydrogen (secondary N) is 1. The second-order valence-electron chi connectivity index (χ2n) is 6.78. The largest absolute Gasteiger partial charge is 0.492 e. The average Bonchev–Trinajstić information content (AvgIpc) is 3.24. The molecule has 0 unspecified atom stereocenters. The lowest BCUT2D eigenvalue weighted by atomic mass is 10.1. The number of nitrogens with zero attached hydrogens (tertiary/aromatic N) is 1. The first-order valence-corrected chi connectivity index (χ1v) is 10.2. The fourth-order valence-electron chi connectivity index (χ4n) is 3.30. The summed E-state index contributed by atoms with van der Waals surface area (Å²) in [5, 5.41) is 3.82. The van der Waals surface area contributed by atoms with Crippen molar-refractivity contribution >= 4 is 22.9 Å². The molecule has 2 aromatic carbocycles. The molecule has 1 N–H and O–H groups in total. The molecule has 1 aliphatic rings. The zero-order valence-corrected chi connectivity index (χ0v) is 16.9. The van der Waals surface area contributed by atoms with E-state index < -0.39 is 0 Å². The topological polar surface area (TPSA) is 60.5 Å². The number of hydrogen-bond donors (Lipinski definition) is 1. The van der Waals surface area contributed by atoms with Gasteiger partial charge in [0.2, 0.25) is 0 Å². The van der Waals surface area contributed by atoms with Gasteiger partial charge in [-0.05, 0) is 26.8 Å². The molecule has 144 valence electrons. The molecule has 1 aromatic heterocycles. The molecule has 0 aliphatic carbocycles. The van der Waals surface area contributed by atoms with Crippen LogP contribution < -0.4 is 14.8 Å². The highest BCUT2D eigenvalue weighted by molar-refractivity contribution is 7.17. The van der Waals surface area contributed by atoms with Crippen molar-refractivity contribution in [3.8, 4) is 22.1 Å². The molecule has 0 radical (unpaired) electrons. The maximum atomic E-state index is 13.0. The number of rotatable bonds is 5. The van der Waals surface area contributed by atoms with E-state index in [1.807, 2.05) is 63.2 Å². The van der Waals surface area contributed by atoms with Crippen molar-refractivity contribution in [3.05, 3.63) is 58.6 Å². The van der Waals surface area contributed by atoms with Crippen LogP contribution >= 0.6 is 11.3 Å². The smallest absolute Gasteiger partial charge is 0.267 e. The van der Waals surface area contributed by atoms with Gasteiger partial charge in [0, 0.05) is 23.6 Å². The van der Waals surface area contributed by atoms with Crippen LogP contribution in [0.3, 0.4) is 0 Å². The molecule has 2 heterocycles. The number of thiazole rings is 1. The van der Waals surface area contributed by atoms with Gasteiger partial charge in [0.1, 0.15) is 27.5 Å². The van der Waals surface area contributed by atoms with Gasteiger partial charge < -0.3 is 14.8 Å². The minimum Gasteiger partial charge on any atom is -0.492 e. The van der Waals surface area contributed by atoms with Crippen LogP contribution in [0.5, 0.6) is 11.5 Å². The summed E-state index contributed by atoms with van der Waals surface area (Å²) in [4.78, 5) is 18.1. The summed E-state index contributed by atoms with van der Waals surface area (Å²) in [5.41, 5.74) is 3.44. The first kappa shape index (κ1) is 18.5. The van der Waals surface area contributed by atoms with Crippen LogP contribution in [0.2, 0.25) is 0 Å². The maximum Gasteiger partial charge on any atom is 0.267 e. The van der Waals surface area contributed by atoms with Crippen molar-refractivity contribution in [1.29, 1.82) is 0 Å². The quantitative estimate of drug-likeness (QED) is 0.655. The Morgan fingerprint density at radius 3 is 2.86 bits per heavy atom. The molecule has 0 spiro atoms. The summed E-state index contributed by atoms with van der Waals surface area (Å²) in [7, 11) is 0. The van der Waals surface area contributed by atoms with Crippen LogP contribution in [-0.2, 0) is 6.42 Å². The molecular formula is C22H22N2O3S. The van der Waals surface area contributed by atoms with Crippen LogP contribution in [0.15, 0.2) is 42.5 Å². The monoisotopic (exact) mass is 394 g/mol. The molecule has 28 heavy (non-hydrogen) atoms. The van der Waals surface area contributed by atoms with Crippen LogP contribution in [0.4, 0.5) is 5.69 Å². The maximum absolute atomic E-state index is 13.0. The van der Waals surface area contributed by atoms with E-state index in [2.05, 4.69) is 10.3 Å². The molecule has 1 atom stereocenters. The Kier molecular flexibility index (Phi) is 5.05. The van der Waals surface area contributed by atoms with E-state index in [-0.39, 0.29) is 12.0 Å². The van der Waals surface area contributed by atoms with Crippen molar-refractivity contribution in [3.63, 3.8) is 0 Å². The number of amides is 1. The van der Waals surface area contributed by atoms with E-state index in [0.717, 1.165) is 28.3 Å². The molecule has 0 saturated heterocycles. The summed E-state index contributed by atoms with van der Waals surface area (Å²) in [6.07, 6.45) is 0.977. The van der Waals surface area contributed by atoms with E-state index in [1.54, 1.807) is 0 Å². The lowest BCUT2D eigenvalue weighted by Crippen LogP contribution is -2.13. The summed E-state index contributed by atoms with van der Waals surface area (Å²) in [5.74, 6) is 1.28. The molecule has 0 fully saturated rings. The van der Waals surface area contributed by atoms with Crippen LogP contribution in [0, 0.1) is 6.92 Å². The Bertz CT molecular complexity index is 1010.